The van der Waals surface area contributed by atoms with E-state index in [9.17, 15) is 4.79 Å². The van der Waals surface area contributed by atoms with Crippen molar-refractivity contribution in [3.05, 3.63) is 35.9 Å². The summed E-state index contributed by atoms with van der Waals surface area (Å²) >= 11 is 0. The first kappa shape index (κ1) is 14.0. The fourth-order valence-electron chi connectivity index (χ4n) is 2.27. The molecule has 1 heterocycles. The number of ether oxygens (including phenoxy) is 1. The molecule has 0 radical (unpaired) electrons. The Morgan fingerprint density at radius 2 is 2.21 bits per heavy atom. The second-order valence-electron chi connectivity index (χ2n) is 4.93. The number of hydrogen-bond donors (Lipinski definition) is 1. The van der Waals surface area contributed by atoms with Crippen LogP contribution in [0.5, 0.6) is 0 Å². The van der Waals surface area contributed by atoms with E-state index in [0.29, 0.717) is 13.2 Å². The van der Waals surface area contributed by atoms with E-state index < -0.39 is 0 Å². The number of morpholine rings is 1. The van der Waals surface area contributed by atoms with E-state index in [1.54, 1.807) is 4.90 Å². The van der Waals surface area contributed by atoms with Crippen molar-refractivity contribution in [3.63, 3.8) is 0 Å². The van der Waals surface area contributed by atoms with Gasteiger partial charge in [-0.25, -0.2) is 0 Å². The summed E-state index contributed by atoms with van der Waals surface area (Å²) in [6, 6.07) is 10.2. The maximum absolute atomic E-state index is 12.1. The van der Waals surface area contributed by atoms with Gasteiger partial charge in [0.25, 0.3) is 0 Å². The van der Waals surface area contributed by atoms with Gasteiger partial charge in [0.2, 0.25) is 5.91 Å². The summed E-state index contributed by atoms with van der Waals surface area (Å²) in [5.41, 5.74) is 1.32. The van der Waals surface area contributed by atoms with Gasteiger partial charge in [0, 0.05) is 20.1 Å². The molecule has 1 unspecified atom stereocenters. The number of nitrogens with zero attached hydrogens (tertiary/aromatic N) is 1. The zero-order chi connectivity index (χ0) is 13.5. The van der Waals surface area contributed by atoms with E-state index in [-0.39, 0.29) is 11.9 Å². The maximum atomic E-state index is 12.1. The standard InChI is InChI=1S/C15H22N2O2/c1-17(15(18)14-12-19-11-9-16-14)10-5-8-13-6-3-2-4-7-13/h2-4,6-7,14,16H,5,8-12H2,1H3. The Balaban J connectivity index is 1.71. The van der Waals surface area contributed by atoms with Crippen molar-refractivity contribution >= 4 is 5.91 Å². The van der Waals surface area contributed by atoms with E-state index >= 15 is 0 Å². The topological polar surface area (TPSA) is 41.6 Å². The molecule has 1 amide bonds. The van der Waals surface area contributed by atoms with Crippen LogP contribution in [0.25, 0.3) is 0 Å². The third-order valence-electron chi connectivity index (χ3n) is 3.40. The molecule has 1 fully saturated rings. The minimum Gasteiger partial charge on any atom is -0.378 e. The van der Waals surface area contributed by atoms with Crippen LogP contribution in [-0.2, 0) is 16.0 Å². The van der Waals surface area contributed by atoms with Gasteiger partial charge in [-0.1, -0.05) is 30.3 Å². The Labute approximate surface area is 114 Å². The van der Waals surface area contributed by atoms with Crippen LogP contribution >= 0.6 is 0 Å². The number of nitrogens with one attached hydrogen (secondary N) is 1. The molecule has 4 nitrogen and oxygen atoms in total. The van der Waals surface area contributed by atoms with Gasteiger partial charge in [-0.2, -0.15) is 0 Å². The molecule has 1 aliphatic heterocycles. The fourth-order valence-corrected chi connectivity index (χ4v) is 2.27. The molecular weight excluding hydrogens is 240 g/mol. The fraction of sp³-hybridized carbons (Fsp3) is 0.533. The van der Waals surface area contributed by atoms with E-state index in [1.165, 1.54) is 5.56 Å². The van der Waals surface area contributed by atoms with Crippen LogP contribution < -0.4 is 5.32 Å². The van der Waals surface area contributed by atoms with Gasteiger partial charge in [0.15, 0.2) is 0 Å². The van der Waals surface area contributed by atoms with Gasteiger partial charge in [-0.15, -0.1) is 0 Å². The predicted molar refractivity (Wildman–Crippen MR) is 75.0 cm³/mol. The van der Waals surface area contributed by atoms with Crippen molar-refractivity contribution in [1.29, 1.82) is 0 Å². The second-order valence-corrected chi connectivity index (χ2v) is 4.93. The monoisotopic (exact) mass is 262 g/mol. The normalized spacial score (nSPS) is 19.1. The van der Waals surface area contributed by atoms with E-state index in [4.69, 9.17) is 4.74 Å². The summed E-state index contributed by atoms with van der Waals surface area (Å²) in [5, 5.41) is 3.19. The lowest BCUT2D eigenvalue weighted by atomic mass is 10.1. The van der Waals surface area contributed by atoms with Crippen LogP contribution in [0.15, 0.2) is 30.3 Å². The zero-order valence-electron chi connectivity index (χ0n) is 11.5. The number of benzene rings is 1. The molecule has 0 spiro atoms. The Morgan fingerprint density at radius 3 is 2.89 bits per heavy atom. The molecule has 1 aromatic rings. The lowest BCUT2D eigenvalue weighted by Crippen LogP contribution is -2.51. The lowest BCUT2D eigenvalue weighted by molar-refractivity contribution is -0.135. The number of likely N-dealkylation sites (N-methyl/N-ethyl adjacent to an activating group) is 1. The molecule has 1 atom stereocenters. The van der Waals surface area contributed by atoms with Crippen LogP contribution in [0.1, 0.15) is 12.0 Å². The quantitative estimate of drug-likeness (QED) is 0.863. The largest absolute Gasteiger partial charge is 0.378 e. The van der Waals surface area contributed by atoms with Crippen molar-refractivity contribution in [2.75, 3.05) is 33.4 Å². The molecule has 1 saturated heterocycles. The third-order valence-corrected chi connectivity index (χ3v) is 3.40. The van der Waals surface area contributed by atoms with Crippen LogP contribution in [0.4, 0.5) is 0 Å². The summed E-state index contributed by atoms with van der Waals surface area (Å²) in [7, 11) is 1.86. The smallest absolute Gasteiger partial charge is 0.241 e. The SMILES string of the molecule is CN(CCCc1ccccc1)C(=O)C1COCCN1. The highest BCUT2D eigenvalue weighted by molar-refractivity contribution is 5.81. The van der Waals surface area contributed by atoms with Crippen molar-refractivity contribution in [2.24, 2.45) is 0 Å². The Bertz CT molecular complexity index is 388. The Morgan fingerprint density at radius 1 is 1.42 bits per heavy atom. The van der Waals surface area contributed by atoms with E-state index in [1.807, 2.05) is 25.2 Å². The van der Waals surface area contributed by atoms with Crippen LogP contribution in [0, 0.1) is 0 Å². The minimum absolute atomic E-state index is 0.132. The third kappa shape index (κ3) is 4.33. The molecular formula is C15H22N2O2. The van der Waals surface area contributed by atoms with Gasteiger partial charge < -0.3 is 15.0 Å². The minimum atomic E-state index is -0.171. The maximum Gasteiger partial charge on any atom is 0.241 e. The highest BCUT2D eigenvalue weighted by Crippen LogP contribution is 2.04. The average Bonchev–Trinajstić information content (AvgIpc) is 2.48. The van der Waals surface area contributed by atoms with Crippen LogP contribution in [0.3, 0.4) is 0 Å². The van der Waals surface area contributed by atoms with Crippen LogP contribution in [-0.4, -0.2) is 50.2 Å². The molecule has 1 aromatic carbocycles. The van der Waals surface area contributed by atoms with Gasteiger partial charge in [0.05, 0.1) is 13.2 Å². The number of hydrogen-bond acceptors (Lipinski definition) is 3. The lowest BCUT2D eigenvalue weighted by Gasteiger charge is -2.27. The number of aryl methyl sites for hydroxylation is 1. The van der Waals surface area contributed by atoms with Crippen molar-refractivity contribution in [3.8, 4) is 0 Å². The summed E-state index contributed by atoms with van der Waals surface area (Å²) in [6.45, 7) is 2.73. The predicted octanol–water partition coefficient (Wildman–Crippen LogP) is 1.07. The van der Waals surface area contributed by atoms with Crippen molar-refractivity contribution in [2.45, 2.75) is 18.9 Å². The molecule has 4 heteroatoms. The van der Waals surface area contributed by atoms with Gasteiger partial charge in [0.1, 0.15) is 6.04 Å². The molecule has 2 rings (SSSR count). The van der Waals surface area contributed by atoms with Crippen LogP contribution in [0.2, 0.25) is 0 Å². The van der Waals surface area contributed by atoms with Crippen molar-refractivity contribution < 1.29 is 9.53 Å². The molecule has 0 aliphatic carbocycles. The van der Waals surface area contributed by atoms with Gasteiger partial charge in [-0.05, 0) is 18.4 Å². The number of rotatable bonds is 5. The summed E-state index contributed by atoms with van der Waals surface area (Å²) in [6.07, 6.45) is 1.99. The summed E-state index contributed by atoms with van der Waals surface area (Å²) in [4.78, 5) is 13.9. The average molecular weight is 262 g/mol. The highest BCUT2D eigenvalue weighted by Gasteiger charge is 2.23. The number of carbonyl (C=O) groups is 1. The second kappa shape index (κ2) is 7.26. The Hall–Kier alpha value is -1.39. The first-order chi connectivity index (χ1) is 9.27. The molecule has 1 aliphatic rings. The molecule has 1 N–H and O–H groups in total. The Kier molecular flexibility index (Phi) is 5.36. The molecule has 0 bridgehead atoms. The van der Waals surface area contributed by atoms with Gasteiger partial charge in [-0.3, -0.25) is 4.79 Å². The zero-order valence-corrected chi connectivity index (χ0v) is 11.5. The first-order valence-corrected chi connectivity index (χ1v) is 6.87. The highest BCUT2D eigenvalue weighted by atomic mass is 16.5. The molecule has 0 aromatic heterocycles. The van der Waals surface area contributed by atoms with E-state index in [2.05, 4.69) is 17.4 Å². The molecule has 19 heavy (non-hydrogen) atoms. The summed E-state index contributed by atoms with van der Waals surface area (Å²) < 4.78 is 5.32. The molecule has 104 valence electrons. The number of carbonyl (C=O) groups excluding carboxylic acids is 1. The first-order valence-electron chi connectivity index (χ1n) is 6.87. The van der Waals surface area contributed by atoms with Crippen molar-refractivity contribution in [1.82, 2.24) is 10.2 Å². The van der Waals surface area contributed by atoms with Gasteiger partial charge >= 0.3 is 0 Å². The molecule has 0 saturated carbocycles. The van der Waals surface area contributed by atoms with E-state index in [0.717, 1.165) is 25.9 Å². The number of amides is 1. The summed E-state index contributed by atoms with van der Waals surface area (Å²) in [5.74, 6) is 0.132.